The van der Waals surface area contributed by atoms with Crippen LogP contribution < -0.4 is 10.3 Å². The van der Waals surface area contributed by atoms with Gasteiger partial charge in [-0.3, -0.25) is 4.79 Å². The monoisotopic (exact) mass is 352 g/mol. The van der Waals surface area contributed by atoms with E-state index in [9.17, 15) is 13.2 Å². The Labute approximate surface area is 135 Å². The van der Waals surface area contributed by atoms with Gasteiger partial charge >= 0.3 is 0 Å². The molecular formula is C13H12N4O4S2. The van der Waals surface area contributed by atoms with Crippen molar-refractivity contribution in [2.45, 2.75) is 17.7 Å². The summed E-state index contributed by atoms with van der Waals surface area (Å²) in [4.78, 5) is 18.6. The van der Waals surface area contributed by atoms with Crippen molar-refractivity contribution in [3.8, 4) is 10.6 Å². The molecule has 0 saturated heterocycles. The summed E-state index contributed by atoms with van der Waals surface area (Å²) in [6, 6.07) is 6.04. The molecule has 3 rings (SSSR count). The molecule has 120 valence electrons. The Morgan fingerprint density at radius 2 is 2.17 bits per heavy atom. The molecule has 10 heteroatoms. The SMILES string of the molecule is Cc1nc(CNS(=O)(=O)c2ccc(-c3ccno3)s2)cc(=O)[nH]1. The fourth-order valence-corrected chi connectivity index (χ4v) is 4.22. The quantitative estimate of drug-likeness (QED) is 0.714. The summed E-state index contributed by atoms with van der Waals surface area (Å²) in [6.45, 7) is 1.56. The largest absolute Gasteiger partial charge is 0.355 e. The normalized spacial score (nSPS) is 11.7. The first-order chi connectivity index (χ1) is 10.9. The maximum absolute atomic E-state index is 12.3. The van der Waals surface area contributed by atoms with E-state index in [0.29, 0.717) is 22.2 Å². The first kappa shape index (κ1) is 15.6. The zero-order valence-electron chi connectivity index (χ0n) is 11.9. The molecule has 0 atom stereocenters. The molecule has 0 aromatic carbocycles. The van der Waals surface area contributed by atoms with Gasteiger partial charge in [0, 0.05) is 12.1 Å². The van der Waals surface area contributed by atoms with Crippen LogP contribution in [0.25, 0.3) is 10.6 Å². The fraction of sp³-hybridized carbons (Fsp3) is 0.154. The summed E-state index contributed by atoms with van der Waals surface area (Å²) in [5, 5.41) is 3.59. The molecule has 23 heavy (non-hydrogen) atoms. The highest BCUT2D eigenvalue weighted by Gasteiger charge is 2.18. The molecule has 0 aliphatic carbocycles. The van der Waals surface area contributed by atoms with Gasteiger partial charge in [0.1, 0.15) is 10.0 Å². The molecule has 3 aromatic heterocycles. The van der Waals surface area contributed by atoms with Crippen LogP contribution in [0.4, 0.5) is 0 Å². The van der Waals surface area contributed by atoms with E-state index in [1.54, 1.807) is 19.1 Å². The van der Waals surface area contributed by atoms with Crippen LogP contribution in [-0.4, -0.2) is 23.5 Å². The number of sulfonamides is 1. The van der Waals surface area contributed by atoms with Gasteiger partial charge in [-0.1, -0.05) is 5.16 Å². The lowest BCUT2D eigenvalue weighted by Gasteiger charge is -2.04. The van der Waals surface area contributed by atoms with Crippen LogP contribution in [0, 0.1) is 6.92 Å². The number of thiophene rings is 1. The molecule has 8 nitrogen and oxygen atoms in total. The van der Waals surface area contributed by atoms with Crippen LogP contribution in [0.5, 0.6) is 0 Å². The van der Waals surface area contributed by atoms with E-state index in [0.717, 1.165) is 11.3 Å². The van der Waals surface area contributed by atoms with E-state index in [4.69, 9.17) is 4.52 Å². The third-order valence-corrected chi connectivity index (χ3v) is 5.88. The van der Waals surface area contributed by atoms with Crippen molar-refractivity contribution in [1.29, 1.82) is 0 Å². The number of nitrogens with zero attached hydrogens (tertiary/aromatic N) is 2. The number of hydrogen-bond acceptors (Lipinski definition) is 7. The third-order valence-electron chi connectivity index (χ3n) is 2.88. The Morgan fingerprint density at radius 3 is 2.87 bits per heavy atom. The molecule has 0 unspecified atom stereocenters. The van der Waals surface area contributed by atoms with Crippen molar-refractivity contribution in [2.24, 2.45) is 0 Å². The summed E-state index contributed by atoms with van der Waals surface area (Å²) in [6.07, 6.45) is 1.49. The minimum Gasteiger partial charge on any atom is -0.355 e. The van der Waals surface area contributed by atoms with Crippen molar-refractivity contribution < 1.29 is 12.9 Å². The topological polar surface area (TPSA) is 118 Å². The minimum atomic E-state index is -3.70. The molecular weight excluding hydrogens is 340 g/mol. The van der Waals surface area contributed by atoms with Gasteiger partial charge < -0.3 is 9.51 Å². The molecule has 3 aromatic rings. The highest BCUT2D eigenvalue weighted by molar-refractivity contribution is 7.91. The van der Waals surface area contributed by atoms with Crippen LogP contribution in [-0.2, 0) is 16.6 Å². The highest BCUT2D eigenvalue weighted by atomic mass is 32.2. The summed E-state index contributed by atoms with van der Waals surface area (Å²) in [7, 11) is -3.70. The lowest BCUT2D eigenvalue weighted by atomic mass is 10.4. The minimum absolute atomic E-state index is 0.0668. The Hall–Kier alpha value is -2.30. The van der Waals surface area contributed by atoms with E-state index in [1.807, 2.05) is 0 Å². The number of rotatable bonds is 5. The Balaban J connectivity index is 1.78. The Kier molecular flexibility index (Phi) is 4.11. The molecule has 3 heterocycles. The van der Waals surface area contributed by atoms with Crippen molar-refractivity contribution in [3.05, 3.63) is 52.3 Å². The van der Waals surface area contributed by atoms with Crippen LogP contribution in [0.3, 0.4) is 0 Å². The van der Waals surface area contributed by atoms with Crippen molar-refractivity contribution in [1.82, 2.24) is 19.8 Å². The van der Waals surface area contributed by atoms with Crippen molar-refractivity contribution in [2.75, 3.05) is 0 Å². The second-order valence-electron chi connectivity index (χ2n) is 4.64. The molecule has 0 amide bonds. The van der Waals surface area contributed by atoms with Gasteiger partial charge in [-0.05, 0) is 19.1 Å². The van der Waals surface area contributed by atoms with Gasteiger partial charge in [0.25, 0.3) is 5.56 Å². The molecule has 0 aliphatic heterocycles. The number of nitrogens with one attached hydrogen (secondary N) is 2. The van der Waals surface area contributed by atoms with Crippen molar-refractivity contribution >= 4 is 21.4 Å². The van der Waals surface area contributed by atoms with Crippen LogP contribution in [0.1, 0.15) is 11.5 Å². The zero-order chi connectivity index (χ0) is 16.4. The number of hydrogen-bond donors (Lipinski definition) is 2. The molecule has 2 N–H and O–H groups in total. The average molecular weight is 352 g/mol. The predicted octanol–water partition coefficient (Wildman–Crippen LogP) is 1.27. The lowest BCUT2D eigenvalue weighted by molar-refractivity contribution is 0.433. The van der Waals surface area contributed by atoms with E-state index < -0.39 is 10.0 Å². The van der Waals surface area contributed by atoms with Gasteiger partial charge in [-0.25, -0.2) is 18.1 Å². The van der Waals surface area contributed by atoms with Crippen molar-refractivity contribution in [3.63, 3.8) is 0 Å². The molecule has 0 radical (unpaired) electrons. The van der Waals surface area contributed by atoms with Gasteiger partial charge in [0.15, 0.2) is 5.76 Å². The average Bonchev–Trinajstić information content (AvgIpc) is 3.15. The summed E-state index contributed by atoms with van der Waals surface area (Å²) < 4.78 is 32.2. The maximum Gasteiger partial charge on any atom is 0.251 e. The Morgan fingerprint density at radius 1 is 1.35 bits per heavy atom. The lowest BCUT2D eigenvalue weighted by Crippen LogP contribution is -2.24. The van der Waals surface area contributed by atoms with Gasteiger partial charge in [0.05, 0.1) is 23.3 Å². The maximum atomic E-state index is 12.3. The van der Waals surface area contributed by atoms with Gasteiger partial charge in [0.2, 0.25) is 10.0 Å². The van der Waals surface area contributed by atoms with Crippen LogP contribution in [0.15, 0.2) is 44.0 Å². The van der Waals surface area contributed by atoms with Gasteiger partial charge in [-0.15, -0.1) is 11.3 Å². The second-order valence-corrected chi connectivity index (χ2v) is 7.72. The van der Waals surface area contributed by atoms with E-state index >= 15 is 0 Å². The van der Waals surface area contributed by atoms with E-state index in [2.05, 4.69) is 19.8 Å². The second kappa shape index (κ2) is 6.07. The summed E-state index contributed by atoms with van der Waals surface area (Å²) in [5.74, 6) is 0.929. The predicted molar refractivity (Wildman–Crippen MR) is 83.4 cm³/mol. The number of aromatic nitrogens is 3. The Bertz CT molecular complexity index is 974. The molecule has 0 aliphatic rings. The summed E-state index contributed by atoms with van der Waals surface area (Å²) >= 11 is 1.07. The molecule has 0 spiro atoms. The standard InChI is InChI=1S/C13H12N4O4S2/c1-8-16-9(6-12(18)17-8)7-15-23(19,20)13-3-2-11(22-13)10-4-5-14-21-10/h2-6,15H,7H2,1H3,(H,16,17,18). The molecule has 0 bridgehead atoms. The van der Waals surface area contributed by atoms with E-state index in [1.165, 1.54) is 18.3 Å². The van der Waals surface area contributed by atoms with Gasteiger partial charge in [-0.2, -0.15) is 0 Å². The fourth-order valence-electron chi connectivity index (χ4n) is 1.91. The smallest absolute Gasteiger partial charge is 0.251 e. The molecule has 0 fully saturated rings. The van der Waals surface area contributed by atoms with Crippen LogP contribution in [0.2, 0.25) is 0 Å². The van der Waals surface area contributed by atoms with Crippen LogP contribution >= 0.6 is 11.3 Å². The number of aromatic amines is 1. The first-order valence-electron chi connectivity index (χ1n) is 6.51. The zero-order valence-corrected chi connectivity index (χ0v) is 13.6. The number of aryl methyl sites for hydroxylation is 1. The first-order valence-corrected chi connectivity index (χ1v) is 8.81. The highest BCUT2D eigenvalue weighted by Crippen LogP contribution is 2.30. The molecule has 0 saturated carbocycles. The van der Waals surface area contributed by atoms with E-state index in [-0.39, 0.29) is 16.3 Å². The number of H-pyrrole nitrogens is 1. The summed E-state index contributed by atoms with van der Waals surface area (Å²) in [5.41, 5.74) is 0.0252. The third kappa shape index (κ3) is 3.55.